The van der Waals surface area contributed by atoms with E-state index >= 15 is 0 Å². The van der Waals surface area contributed by atoms with Crippen molar-refractivity contribution in [1.29, 1.82) is 0 Å². The zero-order valence-corrected chi connectivity index (χ0v) is 12.8. The Morgan fingerprint density at radius 3 is 2.89 bits per heavy atom. The second-order valence-electron chi connectivity index (χ2n) is 4.80. The first-order chi connectivity index (χ1) is 9.01. The van der Waals surface area contributed by atoms with Gasteiger partial charge in [0.2, 0.25) is 10.0 Å². The maximum Gasteiger partial charge on any atom is 0.241 e. The van der Waals surface area contributed by atoms with Gasteiger partial charge in [0.1, 0.15) is 0 Å². The third kappa shape index (κ3) is 4.54. The maximum absolute atomic E-state index is 12.0. The van der Waals surface area contributed by atoms with Gasteiger partial charge < -0.3 is 10.1 Å². The van der Waals surface area contributed by atoms with Crippen molar-refractivity contribution in [2.24, 2.45) is 0 Å². The van der Waals surface area contributed by atoms with Crippen LogP contribution >= 0.6 is 11.3 Å². The second kappa shape index (κ2) is 6.32. The summed E-state index contributed by atoms with van der Waals surface area (Å²) in [7, 11) is -1.85. The van der Waals surface area contributed by atoms with E-state index in [1.54, 1.807) is 18.6 Å². The van der Waals surface area contributed by atoms with E-state index in [1.807, 2.05) is 6.92 Å². The van der Waals surface area contributed by atoms with Crippen molar-refractivity contribution in [3.05, 3.63) is 16.3 Å². The number of hydrogen-bond acceptors (Lipinski definition) is 5. The molecule has 7 heteroatoms. The highest BCUT2D eigenvalue weighted by Crippen LogP contribution is 2.22. The molecular formula is C12H20N2O3S2. The molecule has 0 saturated heterocycles. The number of ether oxygens (including phenoxy) is 1. The number of rotatable bonds is 8. The summed E-state index contributed by atoms with van der Waals surface area (Å²) >= 11 is 1.47. The molecule has 1 atom stereocenters. The van der Waals surface area contributed by atoms with Crippen LogP contribution in [0.25, 0.3) is 0 Å². The van der Waals surface area contributed by atoms with Crippen molar-refractivity contribution in [3.63, 3.8) is 0 Å². The van der Waals surface area contributed by atoms with Gasteiger partial charge in [-0.25, -0.2) is 13.1 Å². The minimum Gasteiger partial charge on any atom is -0.380 e. The minimum absolute atomic E-state index is 0.135. The fraction of sp³-hybridized carbons (Fsp3) is 0.667. The van der Waals surface area contributed by atoms with Crippen LogP contribution in [0, 0.1) is 0 Å². The molecule has 0 aromatic carbocycles. The zero-order valence-electron chi connectivity index (χ0n) is 11.2. The van der Waals surface area contributed by atoms with Gasteiger partial charge >= 0.3 is 0 Å². The number of methoxy groups -OCH3 is 1. The summed E-state index contributed by atoms with van der Waals surface area (Å²) in [6.45, 7) is 2.85. The Kier molecular flexibility index (Phi) is 4.97. The molecule has 108 valence electrons. The summed E-state index contributed by atoms with van der Waals surface area (Å²) in [6, 6.07) is 2.36. The first-order valence-corrected chi connectivity index (χ1v) is 8.71. The SMILES string of the molecule is COC(C)CNS(=O)(=O)c1csc(CNC2CC2)c1. The van der Waals surface area contributed by atoms with Crippen LogP contribution in [0.5, 0.6) is 0 Å². The van der Waals surface area contributed by atoms with Gasteiger partial charge in [-0.3, -0.25) is 0 Å². The molecule has 2 N–H and O–H groups in total. The zero-order chi connectivity index (χ0) is 13.9. The Morgan fingerprint density at radius 2 is 2.26 bits per heavy atom. The molecule has 2 rings (SSSR count). The van der Waals surface area contributed by atoms with Crippen LogP contribution in [0.3, 0.4) is 0 Å². The Bertz CT molecular complexity index is 509. The predicted octanol–water partition coefficient (Wildman–Crippen LogP) is 1.31. The van der Waals surface area contributed by atoms with Crippen molar-refractivity contribution in [3.8, 4) is 0 Å². The smallest absolute Gasteiger partial charge is 0.241 e. The van der Waals surface area contributed by atoms with E-state index in [0.717, 1.165) is 11.4 Å². The molecule has 1 fully saturated rings. The Morgan fingerprint density at radius 1 is 1.53 bits per heavy atom. The van der Waals surface area contributed by atoms with Crippen LogP contribution in [0.4, 0.5) is 0 Å². The van der Waals surface area contributed by atoms with Crippen LogP contribution < -0.4 is 10.0 Å². The fourth-order valence-corrected chi connectivity index (χ4v) is 3.86. The van der Waals surface area contributed by atoms with Crippen LogP contribution in [-0.4, -0.2) is 34.2 Å². The summed E-state index contributed by atoms with van der Waals surface area (Å²) < 4.78 is 31.6. The Labute approximate surface area is 118 Å². The van der Waals surface area contributed by atoms with E-state index in [9.17, 15) is 8.42 Å². The van der Waals surface area contributed by atoms with Crippen LogP contribution in [0.2, 0.25) is 0 Å². The van der Waals surface area contributed by atoms with Crippen LogP contribution in [-0.2, 0) is 21.3 Å². The van der Waals surface area contributed by atoms with Crippen molar-refractivity contribution < 1.29 is 13.2 Å². The molecule has 1 unspecified atom stereocenters. The lowest BCUT2D eigenvalue weighted by Gasteiger charge is -2.10. The van der Waals surface area contributed by atoms with Gasteiger partial charge in [0, 0.05) is 36.5 Å². The van der Waals surface area contributed by atoms with Gasteiger partial charge in [-0.2, -0.15) is 0 Å². The van der Waals surface area contributed by atoms with Gasteiger partial charge in [0.15, 0.2) is 0 Å². The van der Waals surface area contributed by atoms with Crippen molar-refractivity contribution in [2.45, 2.75) is 43.4 Å². The van der Waals surface area contributed by atoms with Crippen LogP contribution in [0.15, 0.2) is 16.3 Å². The fourth-order valence-electron chi connectivity index (χ4n) is 1.52. The monoisotopic (exact) mass is 304 g/mol. The molecule has 1 saturated carbocycles. The van der Waals surface area contributed by atoms with E-state index in [2.05, 4.69) is 10.0 Å². The molecule has 1 aliphatic rings. The lowest BCUT2D eigenvalue weighted by Crippen LogP contribution is -2.31. The average Bonchev–Trinajstić information content (AvgIpc) is 3.09. The maximum atomic E-state index is 12.0. The van der Waals surface area contributed by atoms with Gasteiger partial charge in [-0.1, -0.05) is 0 Å². The van der Waals surface area contributed by atoms with Gasteiger partial charge in [0.25, 0.3) is 0 Å². The molecule has 1 aromatic heterocycles. The second-order valence-corrected chi connectivity index (χ2v) is 7.56. The molecule has 0 amide bonds. The molecule has 0 bridgehead atoms. The standard InChI is InChI=1S/C12H20N2O3S2/c1-9(17-2)6-14-19(15,16)12-5-11(18-8-12)7-13-10-3-4-10/h5,8-10,13-14H,3-4,6-7H2,1-2H3. The molecular weight excluding hydrogens is 284 g/mol. The molecule has 0 aliphatic heterocycles. The summed E-state index contributed by atoms with van der Waals surface area (Å²) in [5.41, 5.74) is 0. The third-order valence-electron chi connectivity index (χ3n) is 3.05. The van der Waals surface area contributed by atoms with Gasteiger partial charge in [-0.05, 0) is 25.8 Å². The summed E-state index contributed by atoms with van der Waals surface area (Å²) in [5, 5.41) is 5.06. The lowest BCUT2D eigenvalue weighted by atomic mass is 10.4. The first kappa shape index (κ1) is 14.9. The minimum atomic E-state index is -3.41. The van der Waals surface area contributed by atoms with E-state index in [0.29, 0.717) is 10.9 Å². The van der Waals surface area contributed by atoms with Gasteiger partial charge in [-0.15, -0.1) is 11.3 Å². The topological polar surface area (TPSA) is 67.4 Å². The number of nitrogens with one attached hydrogen (secondary N) is 2. The predicted molar refractivity (Wildman–Crippen MR) is 75.8 cm³/mol. The average molecular weight is 304 g/mol. The molecule has 19 heavy (non-hydrogen) atoms. The van der Waals surface area contributed by atoms with Crippen LogP contribution in [0.1, 0.15) is 24.6 Å². The summed E-state index contributed by atoms with van der Waals surface area (Å²) in [4.78, 5) is 1.39. The van der Waals surface area contributed by atoms with Crippen molar-refractivity contribution in [2.75, 3.05) is 13.7 Å². The Hall–Kier alpha value is -0.470. The van der Waals surface area contributed by atoms with E-state index < -0.39 is 10.0 Å². The molecule has 1 aliphatic carbocycles. The van der Waals surface area contributed by atoms with Crippen molar-refractivity contribution in [1.82, 2.24) is 10.0 Å². The highest BCUT2D eigenvalue weighted by atomic mass is 32.2. The molecule has 0 spiro atoms. The summed E-state index contributed by atoms with van der Waals surface area (Å²) in [6.07, 6.45) is 2.32. The molecule has 1 heterocycles. The third-order valence-corrected chi connectivity index (χ3v) is 5.53. The largest absolute Gasteiger partial charge is 0.380 e. The Balaban J connectivity index is 1.91. The normalized spacial score (nSPS) is 17.6. The van der Waals surface area contributed by atoms with E-state index in [-0.39, 0.29) is 12.6 Å². The van der Waals surface area contributed by atoms with E-state index in [1.165, 1.54) is 24.2 Å². The number of hydrogen-bond donors (Lipinski definition) is 2. The number of sulfonamides is 1. The quantitative estimate of drug-likeness (QED) is 0.760. The number of thiophene rings is 1. The van der Waals surface area contributed by atoms with Crippen molar-refractivity contribution >= 4 is 21.4 Å². The molecule has 1 aromatic rings. The molecule has 5 nitrogen and oxygen atoms in total. The highest BCUT2D eigenvalue weighted by Gasteiger charge is 2.21. The lowest BCUT2D eigenvalue weighted by molar-refractivity contribution is 0.122. The highest BCUT2D eigenvalue weighted by molar-refractivity contribution is 7.89. The summed E-state index contributed by atoms with van der Waals surface area (Å²) in [5.74, 6) is 0. The first-order valence-electron chi connectivity index (χ1n) is 6.34. The van der Waals surface area contributed by atoms with E-state index in [4.69, 9.17) is 4.74 Å². The van der Waals surface area contributed by atoms with Gasteiger partial charge in [0.05, 0.1) is 11.0 Å². The molecule has 0 radical (unpaired) electrons.